The van der Waals surface area contributed by atoms with E-state index in [0.29, 0.717) is 18.4 Å². The highest BCUT2D eigenvalue weighted by Crippen LogP contribution is 2.19. The monoisotopic (exact) mass is 264 g/mol. The first-order valence-corrected chi connectivity index (χ1v) is 5.89. The van der Waals surface area contributed by atoms with E-state index in [4.69, 9.17) is 21.1 Å². The lowest BCUT2D eigenvalue weighted by Crippen LogP contribution is -2.04. The summed E-state index contributed by atoms with van der Waals surface area (Å²) >= 11 is 5.82. The molecule has 4 nitrogen and oxygen atoms in total. The molecule has 94 valence electrons. The van der Waals surface area contributed by atoms with Crippen molar-refractivity contribution in [1.82, 2.24) is 9.97 Å². The molecule has 0 aliphatic heterocycles. The van der Waals surface area contributed by atoms with E-state index in [1.54, 1.807) is 12.4 Å². The van der Waals surface area contributed by atoms with Crippen molar-refractivity contribution < 1.29 is 9.47 Å². The van der Waals surface area contributed by atoms with Crippen molar-refractivity contribution in [2.45, 2.75) is 6.42 Å². The minimum atomic E-state index is 0.397. The molecule has 0 radical (unpaired) electrons. The molecule has 0 saturated heterocycles. The second kappa shape index (κ2) is 6.21. The number of nitrogens with zero attached hydrogens (tertiary/aromatic N) is 2. The van der Waals surface area contributed by atoms with Crippen LogP contribution < -0.4 is 9.47 Å². The Balaban J connectivity index is 1.90. The molecule has 0 aliphatic carbocycles. The maximum absolute atomic E-state index is 5.82. The summed E-state index contributed by atoms with van der Waals surface area (Å²) in [4.78, 5) is 8.07. The zero-order valence-electron chi connectivity index (χ0n) is 9.97. The van der Waals surface area contributed by atoms with Crippen LogP contribution in [-0.2, 0) is 6.42 Å². The van der Waals surface area contributed by atoms with E-state index in [2.05, 4.69) is 9.97 Å². The SMILES string of the molecule is COc1nccnc1OCCc1ccc(Cl)cc1. The lowest BCUT2D eigenvalue weighted by molar-refractivity contribution is 0.279. The molecule has 0 spiro atoms. The Morgan fingerprint density at radius 2 is 1.72 bits per heavy atom. The maximum atomic E-state index is 5.82. The minimum Gasteiger partial charge on any atom is -0.477 e. The second-order valence-corrected chi connectivity index (χ2v) is 4.03. The van der Waals surface area contributed by atoms with Crippen LogP contribution in [0.3, 0.4) is 0 Å². The molecule has 1 aromatic heterocycles. The van der Waals surface area contributed by atoms with Gasteiger partial charge in [0, 0.05) is 23.8 Å². The highest BCUT2D eigenvalue weighted by molar-refractivity contribution is 6.30. The Labute approximate surface area is 111 Å². The van der Waals surface area contributed by atoms with Crippen LogP contribution in [-0.4, -0.2) is 23.7 Å². The fraction of sp³-hybridized carbons (Fsp3) is 0.231. The first-order chi connectivity index (χ1) is 8.79. The maximum Gasteiger partial charge on any atom is 0.278 e. The van der Waals surface area contributed by atoms with Crippen molar-refractivity contribution in [2.75, 3.05) is 13.7 Å². The average Bonchev–Trinajstić information content (AvgIpc) is 2.41. The summed E-state index contributed by atoms with van der Waals surface area (Å²) in [5, 5.41) is 0.732. The number of hydrogen-bond acceptors (Lipinski definition) is 4. The average molecular weight is 265 g/mol. The highest BCUT2D eigenvalue weighted by atomic mass is 35.5. The van der Waals surface area contributed by atoms with E-state index in [-0.39, 0.29) is 0 Å². The second-order valence-electron chi connectivity index (χ2n) is 3.60. The molecule has 2 aromatic rings. The first-order valence-electron chi connectivity index (χ1n) is 5.52. The summed E-state index contributed by atoms with van der Waals surface area (Å²) in [5.74, 6) is 0.808. The zero-order valence-corrected chi connectivity index (χ0v) is 10.7. The zero-order chi connectivity index (χ0) is 12.8. The molecule has 5 heteroatoms. The summed E-state index contributed by atoms with van der Waals surface area (Å²) in [6, 6.07) is 7.67. The molecule has 0 bridgehead atoms. The number of rotatable bonds is 5. The summed E-state index contributed by atoms with van der Waals surface area (Å²) in [6.45, 7) is 0.511. The summed E-state index contributed by atoms with van der Waals surface area (Å²) < 4.78 is 10.6. The molecule has 0 amide bonds. The van der Waals surface area contributed by atoms with Gasteiger partial charge in [0.25, 0.3) is 11.8 Å². The third-order valence-electron chi connectivity index (χ3n) is 2.37. The van der Waals surface area contributed by atoms with Crippen molar-refractivity contribution in [3.8, 4) is 11.8 Å². The van der Waals surface area contributed by atoms with E-state index in [1.807, 2.05) is 24.3 Å². The van der Waals surface area contributed by atoms with Gasteiger partial charge in [-0.3, -0.25) is 0 Å². The van der Waals surface area contributed by atoms with Gasteiger partial charge in [-0.2, -0.15) is 0 Å². The number of methoxy groups -OCH3 is 1. The number of hydrogen-bond donors (Lipinski definition) is 0. The van der Waals surface area contributed by atoms with Crippen molar-refractivity contribution in [2.24, 2.45) is 0 Å². The van der Waals surface area contributed by atoms with Crippen LogP contribution in [0.25, 0.3) is 0 Å². The molecule has 18 heavy (non-hydrogen) atoms. The first kappa shape index (κ1) is 12.6. The third-order valence-corrected chi connectivity index (χ3v) is 2.62. The molecular weight excluding hydrogens is 252 g/mol. The predicted molar refractivity (Wildman–Crippen MR) is 69.2 cm³/mol. The van der Waals surface area contributed by atoms with Crippen LogP contribution in [0.4, 0.5) is 0 Å². The summed E-state index contributed by atoms with van der Waals surface area (Å²) in [6.07, 6.45) is 3.90. The van der Waals surface area contributed by atoms with Crippen molar-refractivity contribution >= 4 is 11.6 Å². The number of halogens is 1. The molecule has 0 unspecified atom stereocenters. The normalized spacial score (nSPS) is 10.1. The Morgan fingerprint density at radius 3 is 2.39 bits per heavy atom. The number of ether oxygens (including phenoxy) is 2. The molecule has 2 rings (SSSR count). The van der Waals surface area contributed by atoms with Crippen LogP contribution in [0.2, 0.25) is 5.02 Å². The van der Waals surface area contributed by atoms with Crippen molar-refractivity contribution in [1.29, 1.82) is 0 Å². The van der Waals surface area contributed by atoms with Crippen LogP contribution in [0.1, 0.15) is 5.56 Å². The molecule has 1 aromatic carbocycles. The Hall–Kier alpha value is -1.81. The molecule has 0 saturated carbocycles. The third kappa shape index (κ3) is 3.34. The van der Waals surface area contributed by atoms with Gasteiger partial charge in [0.05, 0.1) is 13.7 Å². The van der Waals surface area contributed by atoms with Gasteiger partial charge in [-0.1, -0.05) is 23.7 Å². The van der Waals surface area contributed by atoms with E-state index in [9.17, 15) is 0 Å². The lowest BCUT2D eigenvalue weighted by Gasteiger charge is -2.07. The van der Waals surface area contributed by atoms with Gasteiger partial charge in [-0.25, -0.2) is 9.97 Å². The smallest absolute Gasteiger partial charge is 0.278 e. The molecule has 0 N–H and O–H groups in total. The van der Waals surface area contributed by atoms with Gasteiger partial charge >= 0.3 is 0 Å². The topological polar surface area (TPSA) is 44.2 Å². The predicted octanol–water partition coefficient (Wildman–Crippen LogP) is 2.76. The molecule has 0 aliphatic rings. The summed E-state index contributed by atoms with van der Waals surface area (Å²) in [5.41, 5.74) is 1.15. The molecular formula is C13H13ClN2O2. The van der Waals surface area contributed by atoms with Crippen LogP contribution in [0, 0.1) is 0 Å². The minimum absolute atomic E-state index is 0.397. The van der Waals surface area contributed by atoms with Gasteiger partial charge in [0.1, 0.15) is 0 Å². The van der Waals surface area contributed by atoms with Crippen LogP contribution >= 0.6 is 11.6 Å². The number of benzene rings is 1. The van der Waals surface area contributed by atoms with Gasteiger partial charge in [0.15, 0.2) is 0 Å². The van der Waals surface area contributed by atoms with Gasteiger partial charge in [0.2, 0.25) is 0 Å². The number of aromatic nitrogens is 2. The fourth-order valence-corrected chi connectivity index (χ4v) is 1.59. The van der Waals surface area contributed by atoms with E-state index in [0.717, 1.165) is 17.0 Å². The molecule has 1 heterocycles. The Bertz CT molecular complexity index is 503. The van der Waals surface area contributed by atoms with E-state index >= 15 is 0 Å². The van der Waals surface area contributed by atoms with E-state index < -0.39 is 0 Å². The van der Waals surface area contributed by atoms with Gasteiger partial charge in [-0.05, 0) is 17.7 Å². The van der Waals surface area contributed by atoms with Crippen molar-refractivity contribution in [3.63, 3.8) is 0 Å². The van der Waals surface area contributed by atoms with Crippen molar-refractivity contribution in [3.05, 3.63) is 47.2 Å². The standard InChI is InChI=1S/C13H13ClN2O2/c1-17-12-13(16-8-7-15-12)18-9-6-10-2-4-11(14)5-3-10/h2-5,7-8H,6,9H2,1H3. The Kier molecular flexibility index (Phi) is 4.36. The van der Waals surface area contributed by atoms with Gasteiger partial charge < -0.3 is 9.47 Å². The molecule has 0 fully saturated rings. The summed E-state index contributed by atoms with van der Waals surface area (Å²) in [7, 11) is 1.54. The molecule has 0 atom stereocenters. The largest absolute Gasteiger partial charge is 0.477 e. The lowest BCUT2D eigenvalue weighted by atomic mass is 10.2. The Morgan fingerprint density at radius 1 is 1.06 bits per heavy atom. The fourth-order valence-electron chi connectivity index (χ4n) is 1.47. The van der Waals surface area contributed by atoms with Crippen LogP contribution in [0.15, 0.2) is 36.7 Å². The van der Waals surface area contributed by atoms with Gasteiger partial charge in [-0.15, -0.1) is 0 Å². The van der Waals surface area contributed by atoms with Crippen LogP contribution in [0.5, 0.6) is 11.8 Å². The quantitative estimate of drug-likeness (QED) is 0.833. The highest BCUT2D eigenvalue weighted by Gasteiger charge is 2.05. The van der Waals surface area contributed by atoms with E-state index in [1.165, 1.54) is 7.11 Å².